The first-order valence-electron chi connectivity index (χ1n) is 10.2. The molecule has 3 aliphatic heterocycles. The minimum absolute atomic E-state index is 0.175. The SMILES string of the molecule is C=C(C)C1=CN2C(=CC1=C)C1=C3C=CC=C(CCC)C3N1CC2C(C)(C)C. The summed E-state index contributed by atoms with van der Waals surface area (Å²) in [5.41, 5.74) is 9.26. The van der Waals surface area contributed by atoms with Gasteiger partial charge in [0.1, 0.15) is 0 Å². The molecule has 0 radical (unpaired) electrons. The van der Waals surface area contributed by atoms with Crippen LogP contribution in [0.4, 0.5) is 0 Å². The Kier molecular flexibility index (Phi) is 4.14. The van der Waals surface area contributed by atoms with Crippen LogP contribution in [0, 0.1) is 5.41 Å². The molecule has 0 bridgehead atoms. The average Bonchev–Trinajstić information content (AvgIpc) is 2.56. The van der Waals surface area contributed by atoms with Crippen molar-refractivity contribution in [3.05, 3.63) is 82.9 Å². The predicted molar refractivity (Wildman–Crippen MR) is 115 cm³/mol. The third kappa shape index (κ3) is 2.69. The molecule has 0 aromatic rings. The molecule has 2 heteroatoms. The highest BCUT2D eigenvalue weighted by atomic mass is 15.3. The second-order valence-electron chi connectivity index (χ2n) is 9.38. The normalized spacial score (nSPS) is 26.6. The first-order chi connectivity index (χ1) is 12.7. The minimum Gasteiger partial charge on any atom is -0.357 e. The van der Waals surface area contributed by atoms with E-state index in [0.29, 0.717) is 12.1 Å². The van der Waals surface area contributed by atoms with Crippen molar-refractivity contribution in [2.24, 2.45) is 5.41 Å². The summed E-state index contributed by atoms with van der Waals surface area (Å²) >= 11 is 0. The Balaban J connectivity index is 1.82. The van der Waals surface area contributed by atoms with Crippen molar-refractivity contribution in [2.45, 2.75) is 59.5 Å². The van der Waals surface area contributed by atoms with Gasteiger partial charge in [0.05, 0.1) is 23.5 Å². The van der Waals surface area contributed by atoms with E-state index in [4.69, 9.17) is 0 Å². The highest BCUT2D eigenvalue weighted by Crippen LogP contribution is 2.51. The van der Waals surface area contributed by atoms with Gasteiger partial charge in [-0.15, -0.1) is 0 Å². The van der Waals surface area contributed by atoms with Crippen LogP contribution in [0.1, 0.15) is 47.5 Å². The lowest BCUT2D eigenvalue weighted by Crippen LogP contribution is -2.62. The van der Waals surface area contributed by atoms with Crippen LogP contribution in [-0.4, -0.2) is 28.4 Å². The fourth-order valence-electron chi connectivity index (χ4n) is 4.87. The lowest BCUT2D eigenvalue weighted by molar-refractivity contribution is 0.0746. The smallest absolute Gasteiger partial charge is 0.0781 e. The summed E-state index contributed by atoms with van der Waals surface area (Å²) in [6, 6.07) is 0.892. The van der Waals surface area contributed by atoms with Gasteiger partial charge in [-0.2, -0.15) is 0 Å². The van der Waals surface area contributed by atoms with E-state index in [2.05, 4.69) is 88.1 Å². The molecule has 1 aliphatic carbocycles. The Morgan fingerprint density at radius 3 is 2.67 bits per heavy atom. The minimum atomic E-state index is 0.175. The van der Waals surface area contributed by atoms with Gasteiger partial charge < -0.3 is 9.80 Å². The summed E-state index contributed by atoms with van der Waals surface area (Å²) in [4.78, 5) is 5.14. The van der Waals surface area contributed by atoms with Crippen molar-refractivity contribution in [1.29, 1.82) is 0 Å². The van der Waals surface area contributed by atoms with E-state index in [9.17, 15) is 0 Å². The molecular weight excluding hydrogens is 328 g/mol. The summed E-state index contributed by atoms with van der Waals surface area (Å²) < 4.78 is 0. The van der Waals surface area contributed by atoms with Crippen molar-refractivity contribution >= 4 is 0 Å². The number of hydrogen-bond donors (Lipinski definition) is 0. The Morgan fingerprint density at radius 2 is 2.04 bits per heavy atom. The Bertz CT molecular complexity index is 866. The second-order valence-corrected chi connectivity index (χ2v) is 9.38. The van der Waals surface area contributed by atoms with Crippen LogP contribution < -0.4 is 0 Å². The standard InChI is InChI=1S/C25H32N2/c1-8-10-18-11-9-12-19-23(18)27-15-22(25(5,6)7)26-14-20(16(2)3)17(4)13-21(26)24(19)27/h9,11-14,22-23H,2,4,8,10,15H2,1,3,5-7H3. The van der Waals surface area contributed by atoms with Gasteiger partial charge in [0.25, 0.3) is 0 Å². The molecule has 2 unspecified atom stereocenters. The average molecular weight is 361 g/mol. The summed E-state index contributed by atoms with van der Waals surface area (Å²) in [6.45, 7) is 21.0. The lowest BCUT2D eigenvalue weighted by atomic mass is 9.74. The molecule has 0 aromatic heterocycles. The van der Waals surface area contributed by atoms with Crippen LogP contribution >= 0.6 is 0 Å². The van der Waals surface area contributed by atoms with Gasteiger partial charge in [0, 0.05) is 18.3 Å². The Labute approximate surface area is 164 Å². The largest absolute Gasteiger partial charge is 0.357 e. The topological polar surface area (TPSA) is 6.48 Å². The summed E-state index contributed by atoms with van der Waals surface area (Å²) in [5.74, 6) is 0. The maximum absolute atomic E-state index is 4.32. The number of piperazine rings is 1. The number of fused-ring (bicyclic) bond motifs is 5. The number of allylic oxidation sites excluding steroid dienone is 6. The van der Waals surface area contributed by atoms with Crippen LogP contribution in [0.2, 0.25) is 0 Å². The van der Waals surface area contributed by atoms with Crippen LogP contribution in [0.3, 0.4) is 0 Å². The van der Waals surface area contributed by atoms with E-state index in [1.165, 1.54) is 35.4 Å². The second kappa shape index (κ2) is 6.15. The molecule has 1 saturated heterocycles. The number of rotatable bonds is 3. The zero-order valence-electron chi connectivity index (χ0n) is 17.5. The summed E-state index contributed by atoms with van der Waals surface area (Å²) in [7, 11) is 0. The highest BCUT2D eigenvalue weighted by molar-refractivity contribution is 5.63. The van der Waals surface area contributed by atoms with Gasteiger partial charge in [0.2, 0.25) is 0 Å². The molecule has 3 heterocycles. The van der Waals surface area contributed by atoms with Crippen LogP contribution in [-0.2, 0) is 0 Å². The monoisotopic (exact) mass is 360 g/mol. The van der Waals surface area contributed by atoms with E-state index in [1.807, 2.05) is 0 Å². The highest BCUT2D eigenvalue weighted by Gasteiger charge is 2.49. The lowest BCUT2D eigenvalue weighted by Gasteiger charge is -2.59. The van der Waals surface area contributed by atoms with E-state index in [1.54, 1.807) is 5.57 Å². The molecule has 0 saturated carbocycles. The fourth-order valence-corrected chi connectivity index (χ4v) is 4.87. The quantitative estimate of drug-likeness (QED) is 0.621. The summed E-state index contributed by atoms with van der Waals surface area (Å²) in [6.07, 6.45) is 13.8. The number of hydrogen-bond acceptors (Lipinski definition) is 2. The first-order valence-corrected chi connectivity index (χ1v) is 10.2. The maximum Gasteiger partial charge on any atom is 0.0781 e. The fraction of sp³-hybridized carbons (Fsp3) is 0.440. The van der Waals surface area contributed by atoms with Crippen molar-refractivity contribution < 1.29 is 0 Å². The molecule has 4 rings (SSSR count). The molecule has 2 atom stereocenters. The van der Waals surface area contributed by atoms with Crippen molar-refractivity contribution in [1.82, 2.24) is 9.80 Å². The molecule has 1 fully saturated rings. The van der Waals surface area contributed by atoms with Crippen LogP contribution in [0.25, 0.3) is 0 Å². The van der Waals surface area contributed by atoms with Gasteiger partial charge in [-0.1, -0.05) is 65.5 Å². The van der Waals surface area contributed by atoms with Crippen molar-refractivity contribution in [2.75, 3.05) is 6.54 Å². The van der Waals surface area contributed by atoms with E-state index >= 15 is 0 Å². The predicted octanol–water partition coefficient (Wildman–Crippen LogP) is 5.87. The molecular formula is C25H32N2. The first kappa shape index (κ1) is 18.2. The van der Waals surface area contributed by atoms with Crippen LogP contribution in [0.15, 0.2) is 82.9 Å². The van der Waals surface area contributed by atoms with E-state index in [-0.39, 0.29) is 5.41 Å². The molecule has 4 aliphatic rings. The van der Waals surface area contributed by atoms with Crippen molar-refractivity contribution in [3.63, 3.8) is 0 Å². The van der Waals surface area contributed by atoms with Gasteiger partial charge in [-0.05, 0) is 47.1 Å². The third-order valence-corrected chi connectivity index (χ3v) is 6.25. The van der Waals surface area contributed by atoms with Crippen LogP contribution in [0.5, 0.6) is 0 Å². The molecule has 27 heavy (non-hydrogen) atoms. The summed E-state index contributed by atoms with van der Waals surface area (Å²) in [5, 5.41) is 0. The Morgan fingerprint density at radius 1 is 1.30 bits per heavy atom. The zero-order valence-corrected chi connectivity index (χ0v) is 17.5. The van der Waals surface area contributed by atoms with Crippen molar-refractivity contribution in [3.8, 4) is 0 Å². The molecule has 0 N–H and O–H groups in total. The third-order valence-electron chi connectivity index (χ3n) is 6.25. The molecule has 142 valence electrons. The molecule has 0 aromatic carbocycles. The van der Waals surface area contributed by atoms with Gasteiger partial charge in [-0.3, -0.25) is 0 Å². The molecule has 0 spiro atoms. The van der Waals surface area contributed by atoms with Gasteiger partial charge in [0.15, 0.2) is 0 Å². The Hall–Kier alpha value is -2.22. The van der Waals surface area contributed by atoms with Gasteiger partial charge >= 0.3 is 0 Å². The number of nitrogens with zero attached hydrogens (tertiary/aromatic N) is 2. The molecule has 0 amide bonds. The molecule has 2 nitrogen and oxygen atoms in total. The van der Waals surface area contributed by atoms with E-state index < -0.39 is 0 Å². The van der Waals surface area contributed by atoms with Gasteiger partial charge in [-0.25, -0.2) is 0 Å². The maximum atomic E-state index is 4.32. The van der Waals surface area contributed by atoms with E-state index in [0.717, 1.165) is 17.7 Å². The zero-order chi connectivity index (χ0) is 19.5.